The molecule has 1 aliphatic rings. The predicted octanol–water partition coefficient (Wildman–Crippen LogP) is 5.03. The summed E-state index contributed by atoms with van der Waals surface area (Å²) in [5.74, 6) is -0.398. The molecule has 0 saturated carbocycles. The molecular formula is C21H21F3O2. The lowest BCUT2D eigenvalue weighted by atomic mass is 9.70. The molecule has 5 heteroatoms. The normalized spacial score (nSPS) is 14.8. The first-order chi connectivity index (χ1) is 12.4. The molecule has 2 aromatic carbocycles. The van der Waals surface area contributed by atoms with Gasteiger partial charge in [0.25, 0.3) is 0 Å². The molecule has 0 aliphatic heterocycles. The van der Waals surface area contributed by atoms with Crippen molar-refractivity contribution < 1.29 is 23.1 Å². The molecule has 1 aliphatic carbocycles. The summed E-state index contributed by atoms with van der Waals surface area (Å²) in [4.78, 5) is 13.2. The molecule has 0 unspecified atom stereocenters. The van der Waals surface area contributed by atoms with Gasteiger partial charge in [-0.2, -0.15) is 13.2 Å². The molecule has 138 valence electrons. The number of carbonyl (C=O) groups excluding carboxylic acids is 1. The first-order valence-corrected chi connectivity index (χ1v) is 8.80. The molecule has 0 saturated heterocycles. The second kappa shape index (κ2) is 7.23. The van der Waals surface area contributed by atoms with E-state index >= 15 is 0 Å². The van der Waals surface area contributed by atoms with Crippen LogP contribution >= 0.6 is 0 Å². The SMILES string of the molecule is O=C(CCC(F)(F)F)C1(CCCCO)c2ccccc2-c2ccccc21. The molecule has 0 fully saturated rings. The van der Waals surface area contributed by atoms with Crippen LogP contribution in [0.4, 0.5) is 13.2 Å². The number of Topliss-reactive ketones (excluding diaryl/α,β-unsaturated/α-hetero) is 1. The van der Waals surface area contributed by atoms with E-state index in [1.165, 1.54) is 0 Å². The number of fused-ring (bicyclic) bond motifs is 3. The number of rotatable bonds is 7. The number of alkyl halides is 3. The lowest BCUT2D eigenvalue weighted by Gasteiger charge is -2.31. The van der Waals surface area contributed by atoms with Crippen molar-refractivity contribution in [3.63, 3.8) is 0 Å². The van der Waals surface area contributed by atoms with Crippen LogP contribution < -0.4 is 0 Å². The number of carbonyl (C=O) groups is 1. The van der Waals surface area contributed by atoms with E-state index in [1.807, 2.05) is 48.5 Å². The maximum Gasteiger partial charge on any atom is 0.389 e. The highest BCUT2D eigenvalue weighted by Gasteiger charge is 2.48. The van der Waals surface area contributed by atoms with Gasteiger partial charge in [-0.05, 0) is 41.5 Å². The first kappa shape index (κ1) is 18.6. The largest absolute Gasteiger partial charge is 0.396 e. The monoisotopic (exact) mass is 362 g/mol. The maximum atomic E-state index is 13.2. The van der Waals surface area contributed by atoms with Crippen LogP contribution in [0.3, 0.4) is 0 Å². The minimum absolute atomic E-state index is 0.00385. The third kappa shape index (κ3) is 3.28. The van der Waals surface area contributed by atoms with Crippen LogP contribution in [-0.2, 0) is 10.2 Å². The molecule has 0 atom stereocenters. The number of hydrogen-bond donors (Lipinski definition) is 1. The average Bonchev–Trinajstić information content (AvgIpc) is 2.91. The Kier molecular flexibility index (Phi) is 5.19. The molecule has 0 radical (unpaired) electrons. The van der Waals surface area contributed by atoms with E-state index in [-0.39, 0.29) is 6.61 Å². The summed E-state index contributed by atoms with van der Waals surface area (Å²) in [5, 5.41) is 9.13. The number of aliphatic hydroxyl groups is 1. The van der Waals surface area contributed by atoms with Crippen molar-refractivity contribution in [3.8, 4) is 11.1 Å². The minimum Gasteiger partial charge on any atom is -0.396 e. The molecule has 0 aromatic heterocycles. The molecule has 3 rings (SSSR count). The van der Waals surface area contributed by atoms with E-state index in [0.29, 0.717) is 19.3 Å². The lowest BCUT2D eigenvalue weighted by Crippen LogP contribution is -2.36. The van der Waals surface area contributed by atoms with E-state index in [2.05, 4.69) is 0 Å². The molecule has 0 heterocycles. The fourth-order valence-corrected chi connectivity index (χ4v) is 4.01. The quantitative estimate of drug-likeness (QED) is 0.702. The topological polar surface area (TPSA) is 37.3 Å². The van der Waals surface area contributed by atoms with Crippen LogP contribution in [0.25, 0.3) is 11.1 Å². The summed E-state index contributed by atoms with van der Waals surface area (Å²) >= 11 is 0. The summed E-state index contributed by atoms with van der Waals surface area (Å²) in [5.41, 5.74) is 2.32. The van der Waals surface area contributed by atoms with Gasteiger partial charge in [0.2, 0.25) is 0 Å². The Labute approximate surface area is 150 Å². The number of ketones is 1. The lowest BCUT2D eigenvalue weighted by molar-refractivity contribution is -0.145. The van der Waals surface area contributed by atoms with Gasteiger partial charge in [0, 0.05) is 13.0 Å². The zero-order valence-electron chi connectivity index (χ0n) is 14.4. The number of benzene rings is 2. The number of hydrogen-bond acceptors (Lipinski definition) is 2. The van der Waals surface area contributed by atoms with E-state index in [1.54, 1.807) is 0 Å². The van der Waals surface area contributed by atoms with Crippen LogP contribution in [-0.4, -0.2) is 23.7 Å². The van der Waals surface area contributed by atoms with Crippen molar-refractivity contribution in [1.82, 2.24) is 0 Å². The van der Waals surface area contributed by atoms with Gasteiger partial charge in [-0.1, -0.05) is 48.5 Å². The van der Waals surface area contributed by atoms with Crippen molar-refractivity contribution in [3.05, 3.63) is 59.7 Å². The number of aliphatic hydroxyl groups excluding tert-OH is 1. The fraction of sp³-hybridized carbons (Fsp3) is 0.381. The smallest absolute Gasteiger partial charge is 0.389 e. The Morgan fingerprint density at radius 1 is 0.923 bits per heavy atom. The van der Waals surface area contributed by atoms with E-state index in [9.17, 15) is 18.0 Å². The highest BCUT2D eigenvalue weighted by molar-refractivity contribution is 6.01. The molecule has 0 bridgehead atoms. The van der Waals surface area contributed by atoms with Gasteiger partial charge in [-0.15, -0.1) is 0 Å². The fourth-order valence-electron chi connectivity index (χ4n) is 4.01. The standard InChI is InChI=1S/C21H21F3O2/c22-21(23,24)13-11-19(26)20(12-5-6-14-25)17-9-3-1-7-15(17)16-8-2-4-10-18(16)20/h1-4,7-10,25H,5-6,11-14H2. The van der Waals surface area contributed by atoms with Gasteiger partial charge in [0.05, 0.1) is 11.8 Å². The van der Waals surface area contributed by atoms with Crippen molar-refractivity contribution in [2.75, 3.05) is 6.61 Å². The molecule has 26 heavy (non-hydrogen) atoms. The van der Waals surface area contributed by atoms with Gasteiger partial charge >= 0.3 is 6.18 Å². The van der Waals surface area contributed by atoms with Crippen LogP contribution in [0.2, 0.25) is 0 Å². The highest BCUT2D eigenvalue weighted by atomic mass is 19.4. The van der Waals surface area contributed by atoms with Crippen LogP contribution in [0.1, 0.15) is 43.2 Å². The Hall–Kier alpha value is -2.14. The molecule has 0 amide bonds. The van der Waals surface area contributed by atoms with E-state index in [0.717, 1.165) is 22.3 Å². The molecule has 0 spiro atoms. The van der Waals surface area contributed by atoms with Gasteiger partial charge in [0.15, 0.2) is 0 Å². The summed E-state index contributed by atoms with van der Waals surface area (Å²) < 4.78 is 38.2. The molecular weight excluding hydrogens is 341 g/mol. The molecule has 2 aromatic rings. The Balaban J connectivity index is 2.09. The highest BCUT2D eigenvalue weighted by Crippen LogP contribution is 2.52. The second-order valence-corrected chi connectivity index (χ2v) is 6.72. The summed E-state index contributed by atoms with van der Waals surface area (Å²) in [6.07, 6.45) is -4.53. The molecule has 1 N–H and O–H groups in total. The summed E-state index contributed by atoms with van der Waals surface area (Å²) in [7, 11) is 0. The predicted molar refractivity (Wildman–Crippen MR) is 93.9 cm³/mol. The van der Waals surface area contributed by atoms with Crippen LogP contribution in [0, 0.1) is 0 Å². The van der Waals surface area contributed by atoms with Gasteiger partial charge in [-0.25, -0.2) is 0 Å². The first-order valence-electron chi connectivity index (χ1n) is 8.80. The van der Waals surface area contributed by atoms with Crippen molar-refractivity contribution in [2.45, 2.75) is 43.7 Å². The van der Waals surface area contributed by atoms with Crippen molar-refractivity contribution in [2.24, 2.45) is 0 Å². The van der Waals surface area contributed by atoms with Gasteiger partial charge in [-0.3, -0.25) is 4.79 Å². The zero-order chi connectivity index (χ0) is 18.8. The Morgan fingerprint density at radius 2 is 1.46 bits per heavy atom. The van der Waals surface area contributed by atoms with E-state index < -0.39 is 30.2 Å². The van der Waals surface area contributed by atoms with Crippen molar-refractivity contribution >= 4 is 5.78 Å². The maximum absolute atomic E-state index is 13.2. The third-order valence-electron chi connectivity index (χ3n) is 5.14. The van der Waals surface area contributed by atoms with Gasteiger partial charge < -0.3 is 5.11 Å². The second-order valence-electron chi connectivity index (χ2n) is 6.72. The number of halogens is 3. The van der Waals surface area contributed by atoms with Crippen LogP contribution in [0.15, 0.2) is 48.5 Å². The zero-order valence-corrected chi connectivity index (χ0v) is 14.4. The Morgan fingerprint density at radius 3 is 1.96 bits per heavy atom. The van der Waals surface area contributed by atoms with E-state index in [4.69, 9.17) is 5.11 Å². The Bertz CT molecular complexity index is 750. The van der Waals surface area contributed by atoms with Crippen LogP contribution in [0.5, 0.6) is 0 Å². The number of unbranched alkanes of at least 4 members (excludes halogenated alkanes) is 1. The van der Waals surface area contributed by atoms with Crippen molar-refractivity contribution in [1.29, 1.82) is 0 Å². The summed E-state index contributed by atoms with van der Waals surface area (Å²) in [6.45, 7) is -0.00385. The molecule has 2 nitrogen and oxygen atoms in total. The summed E-state index contributed by atoms with van der Waals surface area (Å²) in [6, 6.07) is 14.9. The average molecular weight is 362 g/mol. The third-order valence-corrected chi connectivity index (χ3v) is 5.14. The minimum atomic E-state index is -4.36. The van der Waals surface area contributed by atoms with Gasteiger partial charge in [0.1, 0.15) is 5.78 Å².